The number of hydrogen-bond donors (Lipinski definition) is 3. The number of rotatable bonds is 8. The molecule has 0 bridgehead atoms. The summed E-state index contributed by atoms with van der Waals surface area (Å²) < 4.78 is 26.7. The van der Waals surface area contributed by atoms with Crippen molar-refractivity contribution >= 4 is 32.5 Å². The number of anilines is 1. The molecule has 0 radical (unpaired) electrons. The van der Waals surface area contributed by atoms with Crippen molar-refractivity contribution in [2.75, 3.05) is 17.0 Å². The van der Waals surface area contributed by atoms with Crippen molar-refractivity contribution in [1.29, 1.82) is 0 Å². The fourth-order valence-corrected chi connectivity index (χ4v) is 4.09. The summed E-state index contributed by atoms with van der Waals surface area (Å²) in [7, 11) is -3.34. The van der Waals surface area contributed by atoms with Crippen LogP contribution in [0.25, 0.3) is 10.9 Å². The van der Waals surface area contributed by atoms with Gasteiger partial charge in [-0.25, -0.2) is 8.42 Å². The van der Waals surface area contributed by atoms with Crippen LogP contribution < -0.4 is 10.0 Å². The van der Waals surface area contributed by atoms with Gasteiger partial charge in [0.25, 0.3) is 5.91 Å². The van der Waals surface area contributed by atoms with E-state index in [-0.39, 0.29) is 11.7 Å². The zero-order valence-electron chi connectivity index (χ0n) is 14.7. The number of aromatic amines is 1. The van der Waals surface area contributed by atoms with E-state index in [1.807, 2.05) is 13.8 Å². The van der Waals surface area contributed by atoms with Gasteiger partial charge in [0.1, 0.15) is 5.69 Å². The molecule has 1 amide bonds. The average Bonchev–Trinajstić information content (AvgIpc) is 3.35. The van der Waals surface area contributed by atoms with Crippen LogP contribution in [0.2, 0.25) is 0 Å². The summed E-state index contributed by atoms with van der Waals surface area (Å²) in [4.78, 5) is 15.5. The molecule has 0 saturated heterocycles. The summed E-state index contributed by atoms with van der Waals surface area (Å²) in [6.07, 6.45) is 3.84. The molecule has 0 atom stereocenters. The molecule has 1 heterocycles. The second kappa shape index (κ2) is 7.07. The summed E-state index contributed by atoms with van der Waals surface area (Å²) >= 11 is 0. The molecule has 0 aliphatic heterocycles. The molecule has 25 heavy (non-hydrogen) atoms. The first-order valence-corrected chi connectivity index (χ1v) is 10.5. The number of benzene rings is 1. The number of aryl methyl sites for hydroxylation is 1. The quantitative estimate of drug-likeness (QED) is 0.673. The number of amides is 1. The Kier molecular flexibility index (Phi) is 5.03. The molecule has 0 spiro atoms. The van der Waals surface area contributed by atoms with Gasteiger partial charge in [0.15, 0.2) is 0 Å². The number of H-pyrrole nitrogens is 1. The number of nitrogens with one attached hydrogen (secondary N) is 3. The van der Waals surface area contributed by atoms with Crippen LogP contribution in [-0.2, 0) is 10.0 Å². The molecule has 1 aromatic heterocycles. The van der Waals surface area contributed by atoms with E-state index in [1.165, 1.54) is 12.8 Å². The van der Waals surface area contributed by atoms with Crippen molar-refractivity contribution < 1.29 is 13.2 Å². The normalized spacial score (nSPS) is 14.6. The topological polar surface area (TPSA) is 91.1 Å². The number of fused-ring (bicyclic) bond motifs is 1. The maximum atomic E-state index is 12.3. The highest BCUT2D eigenvalue weighted by Gasteiger charge is 2.23. The number of aromatic nitrogens is 1. The fraction of sp³-hybridized carbons (Fsp3) is 0.500. The Morgan fingerprint density at radius 1 is 1.32 bits per heavy atom. The molecule has 1 aromatic carbocycles. The SMILES string of the molecule is CCCCS(=O)(=O)Nc1ccc2[nH]c(C(=O)NCC3CC3)c(C)c2c1. The summed E-state index contributed by atoms with van der Waals surface area (Å²) in [5.41, 5.74) is 2.72. The number of unbranched alkanes of at least 4 members (excludes halogenated alkanes) is 1. The Morgan fingerprint density at radius 2 is 2.08 bits per heavy atom. The molecule has 6 nitrogen and oxygen atoms in total. The molecule has 1 aliphatic rings. The molecule has 0 unspecified atom stereocenters. The van der Waals surface area contributed by atoms with Crippen molar-refractivity contribution in [1.82, 2.24) is 10.3 Å². The largest absolute Gasteiger partial charge is 0.350 e. The summed E-state index contributed by atoms with van der Waals surface area (Å²) in [6.45, 7) is 4.55. The summed E-state index contributed by atoms with van der Waals surface area (Å²) in [5, 5.41) is 3.81. The Balaban J connectivity index is 1.80. The summed E-state index contributed by atoms with van der Waals surface area (Å²) in [5.74, 6) is 0.631. The van der Waals surface area contributed by atoms with Gasteiger partial charge in [0, 0.05) is 23.1 Å². The lowest BCUT2D eigenvalue weighted by Crippen LogP contribution is -2.26. The van der Waals surface area contributed by atoms with Gasteiger partial charge < -0.3 is 10.3 Å². The Bertz CT molecular complexity index is 882. The predicted octanol–water partition coefficient (Wildman–Crippen LogP) is 3.16. The average molecular weight is 363 g/mol. The third-order valence-corrected chi connectivity index (χ3v) is 5.95. The lowest BCUT2D eigenvalue weighted by Gasteiger charge is -2.07. The number of sulfonamides is 1. The van der Waals surface area contributed by atoms with Crippen molar-refractivity contribution in [3.8, 4) is 0 Å². The molecule has 2 aromatic rings. The highest BCUT2D eigenvalue weighted by atomic mass is 32.2. The lowest BCUT2D eigenvalue weighted by molar-refractivity contribution is 0.0947. The second-order valence-corrected chi connectivity index (χ2v) is 8.66. The first kappa shape index (κ1) is 17.8. The van der Waals surface area contributed by atoms with E-state index in [2.05, 4.69) is 15.0 Å². The molecule has 7 heteroatoms. The van der Waals surface area contributed by atoms with Crippen LogP contribution in [0.4, 0.5) is 5.69 Å². The van der Waals surface area contributed by atoms with E-state index in [4.69, 9.17) is 0 Å². The van der Waals surface area contributed by atoms with Crippen LogP contribution in [0, 0.1) is 12.8 Å². The first-order chi connectivity index (χ1) is 11.9. The van der Waals surface area contributed by atoms with Gasteiger partial charge in [-0.15, -0.1) is 0 Å². The number of hydrogen-bond acceptors (Lipinski definition) is 3. The van der Waals surface area contributed by atoms with Crippen LogP contribution in [0.3, 0.4) is 0 Å². The van der Waals surface area contributed by atoms with Crippen molar-refractivity contribution in [3.05, 3.63) is 29.5 Å². The van der Waals surface area contributed by atoms with E-state index in [0.29, 0.717) is 23.7 Å². The van der Waals surface area contributed by atoms with E-state index in [1.54, 1.807) is 18.2 Å². The maximum absolute atomic E-state index is 12.3. The van der Waals surface area contributed by atoms with Gasteiger partial charge in [-0.3, -0.25) is 9.52 Å². The fourth-order valence-electron chi connectivity index (χ4n) is 2.83. The van der Waals surface area contributed by atoms with Gasteiger partial charge in [-0.2, -0.15) is 0 Å². The molecule has 3 rings (SSSR count). The van der Waals surface area contributed by atoms with Gasteiger partial charge in [-0.05, 0) is 55.9 Å². The first-order valence-electron chi connectivity index (χ1n) is 8.80. The maximum Gasteiger partial charge on any atom is 0.268 e. The van der Waals surface area contributed by atoms with Gasteiger partial charge >= 0.3 is 0 Å². The zero-order chi connectivity index (χ0) is 18.0. The van der Waals surface area contributed by atoms with Gasteiger partial charge in [0.2, 0.25) is 10.0 Å². The molecule has 1 aliphatic carbocycles. The van der Waals surface area contributed by atoms with E-state index in [0.717, 1.165) is 29.4 Å². The third-order valence-electron chi connectivity index (χ3n) is 4.57. The predicted molar refractivity (Wildman–Crippen MR) is 100 cm³/mol. The molecule has 1 fully saturated rings. The van der Waals surface area contributed by atoms with Gasteiger partial charge in [0.05, 0.1) is 5.75 Å². The summed E-state index contributed by atoms with van der Waals surface area (Å²) in [6, 6.07) is 5.30. The molecule has 136 valence electrons. The Hall–Kier alpha value is -2.02. The molecule has 1 saturated carbocycles. The molecular formula is C18H25N3O3S. The number of carbonyl (C=O) groups excluding carboxylic acids is 1. The minimum atomic E-state index is -3.34. The second-order valence-electron chi connectivity index (χ2n) is 6.81. The number of carbonyl (C=O) groups is 1. The minimum Gasteiger partial charge on any atom is -0.350 e. The Morgan fingerprint density at radius 3 is 2.76 bits per heavy atom. The van der Waals surface area contributed by atoms with E-state index < -0.39 is 10.0 Å². The third kappa shape index (κ3) is 4.34. The van der Waals surface area contributed by atoms with Crippen molar-refractivity contribution in [3.63, 3.8) is 0 Å². The minimum absolute atomic E-state index is 0.106. The van der Waals surface area contributed by atoms with Crippen molar-refractivity contribution in [2.24, 2.45) is 5.92 Å². The molecule has 3 N–H and O–H groups in total. The van der Waals surface area contributed by atoms with Crippen LogP contribution in [0.15, 0.2) is 18.2 Å². The molecular weight excluding hydrogens is 338 g/mol. The van der Waals surface area contributed by atoms with Crippen LogP contribution >= 0.6 is 0 Å². The van der Waals surface area contributed by atoms with E-state index in [9.17, 15) is 13.2 Å². The Labute approximate surface area is 148 Å². The van der Waals surface area contributed by atoms with Crippen LogP contribution in [0.5, 0.6) is 0 Å². The van der Waals surface area contributed by atoms with Crippen LogP contribution in [-0.4, -0.2) is 31.6 Å². The lowest BCUT2D eigenvalue weighted by atomic mass is 10.1. The monoisotopic (exact) mass is 363 g/mol. The van der Waals surface area contributed by atoms with E-state index >= 15 is 0 Å². The smallest absolute Gasteiger partial charge is 0.268 e. The highest BCUT2D eigenvalue weighted by molar-refractivity contribution is 7.92. The highest BCUT2D eigenvalue weighted by Crippen LogP contribution is 2.28. The standard InChI is InChI=1S/C18H25N3O3S/c1-3-4-9-25(23,24)21-14-7-8-16-15(10-14)12(2)17(20-16)18(22)19-11-13-5-6-13/h7-8,10,13,20-21H,3-6,9,11H2,1-2H3,(H,19,22). The van der Waals surface area contributed by atoms with Crippen LogP contribution in [0.1, 0.15) is 48.7 Å². The van der Waals surface area contributed by atoms with Gasteiger partial charge in [-0.1, -0.05) is 13.3 Å². The zero-order valence-corrected chi connectivity index (χ0v) is 15.5. The van der Waals surface area contributed by atoms with Crippen molar-refractivity contribution in [2.45, 2.75) is 39.5 Å².